The van der Waals surface area contributed by atoms with Gasteiger partial charge in [0.25, 0.3) is 0 Å². The normalized spacial score (nSPS) is 10.9. The predicted molar refractivity (Wildman–Crippen MR) is 90.6 cm³/mol. The van der Waals surface area contributed by atoms with Gasteiger partial charge >= 0.3 is 5.97 Å². The highest BCUT2D eigenvalue weighted by molar-refractivity contribution is 7.14. The maximum atomic E-state index is 12.2. The van der Waals surface area contributed by atoms with Crippen LogP contribution in [-0.4, -0.2) is 22.5 Å². The van der Waals surface area contributed by atoms with E-state index in [1.165, 1.54) is 0 Å². The van der Waals surface area contributed by atoms with E-state index in [9.17, 15) is 4.79 Å². The molecule has 0 radical (unpaired) electrons. The number of thiazole rings is 1. The van der Waals surface area contributed by atoms with E-state index in [2.05, 4.69) is 16.4 Å². The van der Waals surface area contributed by atoms with Crippen molar-refractivity contribution in [3.05, 3.63) is 39.2 Å². The molecule has 0 unspecified atom stereocenters. The molecule has 0 saturated heterocycles. The first-order chi connectivity index (χ1) is 10.6. The number of aryl methyl sites for hydroxylation is 2. The van der Waals surface area contributed by atoms with Crippen LogP contribution in [0, 0.1) is 13.8 Å². The second-order valence-corrected chi connectivity index (χ2v) is 6.53. The zero-order valence-corrected chi connectivity index (χ0v) is 14.2. The molecular weight excluding hydrogens is 316 g/mol. The Hall–Kier alpha value is -1.92. The van der Waals surface area contributed by atoms with E-state index in [1.54, 1.807) is 22.7 Å². The largest absolute Gasteiger partial charge is 0.462 e. The first-order valence-corrected chi connectivity index (χ1v) is 8.78. The molecule has 0 fully saturated rings. The lowest BCUT2D eigenvalue weighted by molar-refractivity contribution is 0.0526. The Morgan fingerprint density at radius 1 is 1.32 bits per heavy atom. The fraction of sp³-hybridized carbons (Fsp3) is 0.250. The van der Waals surface area contributed by atoms with Gasteiger partial charge in [-0.25, -0.2) is 9.78 Å². The Morgan fingerprint density at radius 2 is 2.14 bits per heavy atom. The van der Waals surface area contributed by atoms with Crippen LogP contribution < -0.4 is 0 Å². The van der Waals surface area contributed by atoms with Crippen LogP contribution >= 0.6 is 22.7 Å². The summed E-state index contributed by atoms with van der Waals surface area (Å²) in [6, 6.07) is 2.05. The van der Waals surface area contributed by atoms with Gasteiger partial charge in [0, 0.05) is 33.3 Å². The van der Waals surface area contributed by atoms with Crippen LogP contribution in [0.25, 0.3) is 21.8 Å². The lowest BCUT2D eigenvalue weighted by Gasteiger charge is -2.04. The van der Waals surface area contributed by atoms with E-state index >= 15 is 0 Å². The first kappa shape index (κ1) is 15.0. The molecule has 0 aliphatic carbocycles. The van der Waals surface area contributed by atoms with Crippen molar-refractivity contribution in [2.45, 2.75) is 20.8 Å². The quantitative estimate of drug-likeness (QED) is 0.707. The summed E-state index contributed by atoms with van der Waals surface area (Å²) in [6.45, 7) is 6.01. The summed E-state index contributed by atoms with van der Waals surface area (Å²) in [5.41, 5.74) is 5.11. The molecule has 0 atom stereocenters. The number of aromatic nitrogens is 2. The van der Waals surface area contributed by atoms with Gasteiger partial charge in [-0.3, -0.25) is 0 Å². The van der Waals surface area contributed by atoms with E-state index in [0.29, 0.717) is 12.2 Å². The van der Waals surface area contributed by atoms with Gasteiger partial charge < -0.3 is 9.72 Å². The van der Waals surface area contributed by atoms with E-state index in [4.69, 9.17) is 9.72 Å². The van der Waals surface area contributed by atoms with Gasteiger partial charge in [0.05, 0.1) is 17.9 Å². The van der Waals surface area contributed by atoms with Gasteiger partial charge in [0.1, 0.15) is 5.01 Å². The van der Waals surface area contributed by atoms with Gasteiger partial charge in [-0.1, -0.05) is 0 Å². The average Bonchev–Trinajstić information content (AvgIpc) is 3.17. The van der Waals surface area contributed by atoms with Crippen LogP contribution in [0.4, 0.5) is 0 Å². The summed E-state index contributed by atoms with van der Waals surface area (Å²) in [6.07, 6.45) is 0. The number of hydrogen-bond donors (Lipinski definition) is 1. The summed E-state index contributed by atoms with van der Waals surface area (Å²) in [5.74, 6) is -0.301. The van der Waals surface area contributed by atoms with Gasteiger partial charge in [0.2, 0.25) is 0 Å². The van der Waals surface area contributed by atoms with Crippen molar-refractivity contribution in [1.29, 1.82) is 0 Å². The summed E-state index contributed by atoms with van der Waals surface area (Å²) in [5, 5.41) is 7.06. The first-order valence-electron chi connectivity index (χ1n) is 6.96. The van der Waals surface area contributed by atoms with Crippen molar-refractivity contribution in [3.63, 3.8) is 0 Å². The van der Waals surface area contributed by atoms with E-state index in [0.717, 1.165) is 33.2 Å². The standard InChI is InChI=1S/C16H16N2O2S2/c1-4-20-16(19)14-10(3)17-9(2)13(14)12-8-22-15(18-12)11-5-6-21-7-11/h5-8,17H,4H2,1-3H3. The summed E-state index contributed by atoms with van der Waals surface area (Å²) in [7, 11) is 0. The van der Waals surface area contributed by atoms with E-state index in [-0.39, 0.29) is 5.97 Å². The molecular formula is C16H16N2O2S2. The fourth-order valence-electron chi connectivity index (χ4n) is 2.47. The van der Waals surface area contributed by atoms with Gasteiger partial charge in [-0.15, -0.1) is 11.3 Å². The second kappa shape index (κ2) is 6.06. The molecule has 3 aromatic heterocycles. The number of carbonyl (C=O) groups is 1. The Labute approximate surface area is 136 Å². The molecule has 0 saturated carbocycles. The molecule has 4 nitrogen and oxygen atoms in total. The number of rotatable bonds is 4. The molecule has 0 aliphatic rings. The number of H-pyrrole nitrogens is 1. The molecule has 3 rings (SSSR count). The Morgan fingerprint density at radius 3 is 2.82 bits per heavy atom. The molecule has 3 aromatic rings. The highest BCUT2D eigenvalue weighted by Gasteiger charge is 2.23. The van der Waals surface area contributed by atoms with Crippen molar-refractivity contribution in [3.8, 4) is 21.8 Å². The van der Waals surface area contributed by atoms with E-state index in [1.807, 2.05) is 31.5 Å². The smallest absolute Gasteiger partial charge is 0.340 e. The lowest BCUT2D eigenvalue weighted by Crippen LogP contribution is -2.06. The minimum absolute atomic E-state index is 0.301. The van der Waals surface area contributed by atoms with Crippen molar-refractivity contribution < 1.29 is 9.53 Å². The third-order valence-corrected chi connectivity index (χ3v) is 4.96. The Kier molecular flexibility index (Phi) is 4.13. The van der Waals surface area contributed by atoms with Crippen LogP contribution in [0.1, 0.15) is 28.7 Å². The van der Waals surface area contributed by atoms with Crippen LogP contribution in [0.3, 0.4) is 0 Å². The van der Waals surface area contributed by atoms with Crippen LogP contribution in [0.15, 0.2) is 22.2 Å². The molecule has 1 N–H and O–H groups in total. The number of nitrogens with zero attached hydrogens (tertiary/aromatic N) is 1. The zero-order valence-electron chi connectivity index (χ0n) is 12.6. The Balaban J connectivity index is 2.07. The maximum absolute atomic E-state index is 12.2. The van der Waals surface area contributed by atoms with Crippen molar-refractivity contribution in [1.82, 2.24) is 9.97 Å². The number of thiophene rings is 1. The third-order valence-electron chi connectivity index (χ3n) is 3.38. The maximum Gasteiger partial charge on any atom is 0.340 e. The monoisotopic (exact) mass is 332 g/mol. The highest BCUT2D eigenvalue weighted by atomic mass is 32.1. The fourth-order valence-corrected chi connectivity index (χ4v) is 3.99. The Bertz CT molecular complexity index is 800. The average molecular weight is 332 g/mol. The summed E-state index contributed by atoms with van der Waals surface area (Å²) < 4.78 is 5.18. The zero-order chi connectivity index (χ0) is 15.7. The molecule has 0 bridgehead atoms. The highest BCUT2D eigenvalue weighted by Crippen LogP contribution is 2.34. The third kappa shape index (κ3) is 2.60. The van der Waals surface area contributed by atoms with Crippen LogP contribution in [0.5, 0.6) is 0 Å². The van der Waals surface area contributed by atoms with Gasteiger partial charge in [0.15, 0.2) is 0 Å². The molecule has 0 spiro atoms. The molecule has 22 heavy (non-hydrogen) atoms. The number of esters is 1. The molecule has 0 aromatic carbocycles. The molecule has 3 heterocycles. The minimum atomic E-state index is -0.301. The molecule has 6 heteroatoms. The van der Waals surface area contributed by atoms with Crippen molar-refractivity contribution in [2.75, 3.05) is 6.61 Å². The predicted octanol–water partition coefficient (Wildman–Crippen LogP) is 4.66. The topological polar surface area (TPSA) is 55.0 Å². The van der Waals surface area contributed by atoms with Crippen LogP contribution in [0.2, 0.25) is 0 Å². The number of ether oxygens (including phenoxy) is 1. The van der Waals surface area contributed by atoms with Crippen molar-refractivity contribution in [2.24, 2.45) is 0 Å². The minimum Gasteiger partial charge on any atom is -0.462 e. The SMILES string of the molecule is CCOC(=O)c1c(C)[nH]c(C)c1-c1csc(-c2ccsc2)n1. The summed E-state index contributed by atoms with van der Waals surface area (Å²) in [4.78, 5) is 20.2. The number of aromatic amines is 1. The molecule has 0 amide bonds. The van der Waals surface area contributed by atoms with Crippen molar-refractivity contribution >= 4 is 28.6 Å². The van der Waals surface area contributed by atoms with Gasteiger partial charge in [-0.05, 0) is 32.2 Å². The number of nitrogens with one attached hydrogen (secondary N) is 1. The van der Waals surface area contributed by atoms with Crippen LogP contribution in [-0.2, 0) is 4.74 Å². The summed E-state index contributed by atoms with van der Waals surface area (Å²) >= 11 is 3.23. The number of hydrogen-bond acceptors (Lipinski definition) is 5. The number of carbonyl (C=O) groups excluding carboxylic acids is 1. The molecule has 114 valence electrons. The van der Waals surface area contributed by atoms with E-state index < -0.39 is 0 Å². The lowest BCUT2D eigenvalue weighted by atomic mass is 10.1. The van der Waals surface area contributed by atoms with Gasteiger partial charge in [-0.2, -0.15) is 11.3 Å². The molecule has 0 aliphatic heterocycles. The second-order valence-electron chi connectivity index (χ2n) is 4.90.